The average molecular weight is 362 g/mol. The zero-order valence-electron chi connectivity index (χ0n) is 14.0. The van der Waals surface area contributed by atoms with Gasteiger partial charge in [-0.2, -0.15) is 23.3 Å². The Morgan fingerprint density at radius 3 is 2.23 bits per heavy atom. The number of benzene rings is 2. The van der Waals surface area contributed by atoms with Crippen LogP contribution in [-0.2, 0) is 0 Å². The first-order valence-electron chi connectivity index (χ1n) is 8.12. The maximum absolute atomic E-state index is 13.3. The highest BCUT2D eigenvalue weighted by Gasteiger charge is 2.63. The smallest absolute Gasteiger partial charge is 0.362 e. The molecule has 0 fully saturated rings. The van der Waals surface area contributed by atoms with Crippen molar-refractivity contribution >= 4 is 11.6 Å². The molecular weight excluding hydrogens is 345 g/mol. The van der Waals surface area contributed by atoms with Crippen LogP contribution in [0.2, 0.25) is 0 Å². The molecule has 3 rings (SSSR count). The monoisotopic (exact) mass is 362 g/mol. The first-order chi connectivity index (χ1) is 12.3. The molecule has 4 nitrogen and oxygen atoms in total. The molecule has 0 aliphatic carbocycles. The van der Waals surface area contributed by atoms with Crippen molar-refractivity contribution in [1.82, 2.24) is 5.01 Å². The third-order valence-electron chi connectivity index (χ3n) is 4.34. The number of alkyl halides is 3. The lowest BCUT2D eigenvalue weighted by Gasteiger charge is -2.32. The van der Waals surface area contributed by atoms with Gasteiger partial charge >= 0.3 is 6.18 Å². The highest BCUT2D eigenvalue weighted by atomic mass is 19.4. The number of hydrogen-bond acceptors (Lipinski definition) is 3. The van der Waals surface area contributed by atoms with Gasteiger partial charge in [-0.3, -0.25) is 4.79 Å². The van der Waals surface area contributed by atoms with Gasteiger partial charge in [0.25, 0.3) is 11.6 Å². The van der Waals surface area contributed by atoms with Gasteiger partial charge in [-0.05, 0) is 29.7 Å². The molecular formula is C19H17F3N2O2. The van der Waals surface area contributed by atoms with Gasteiger partial charge in [0, 0.05) is 17.7 Å². The van der Waals surface area contributed by atoms with Gasteiger partial charge in [0.05, 0.1) is 0 Å². The molecule has 26 heavy (non-hydrogen) atoms. The van der Waals surface area contributed by atoms with Gasteiger partial charge in [0.2, 0.25) is 0 Å². The number of nitrogens with zero attached hydrogens (tertiary/aromatic N) is 2. The Bertz CT molecular complexity index is 832. The summed E-state index contributed by atoms with van der Waals surface area (Å²) in [5, 5.41) is 14.0. The van der Waals surface area contributed by atoms with Crippen molar-refractivity contribution in [3.8, 4) is 11.1 Å². The van der Waals surface area contributed by atoms with Crippen LogP contribution < -0.4 is 0 Å². The number of amides is 1. The van der Waals surface area contributed by atoms with Crippen molar-refractivity contribution in [2.45, 2.75) is 31.7 Å². The van der Waals surface area contributed by atoms with E-state index in [1.54, 1.807) is 19.1 Å². The molecule has 1 atom stereocenters. The molecule has 1 N–H and O–H groups in total. The standard InChI is InChI=1S/C19H17F3N2O2/c1-2-16-12-18(26,19(20,21)22)24(23-16)17(25)15-10-8-14(9-11-15)13-6-4-3-5-7-13/h3-11,26H,2,12H2,1H3. The fourth-order valence-electron chi connectivity index (χ4n) is 2.81. The summed E-state index contributed by atoms with van der Waals surface area (Å²) in [6, 6.07) is 15.5. The number of rotatable bonds is 3. The molecule has 0 saturated carbocycles. The van der Waals surface area contributed by atoms with E-state index in [2.05, 4.69) is 5.10 Å². The van der Waals surface area contributed by atoms with E-state index in [0.717, 1.165) is 11.1 Å². The van der Waals surface area contributed by atoms with Crippen molar-refractivity contribution in [3.63, 3.8) is 0 Å². The molecule has 1 aliphatic rings. The Morgan fingerprint density at radius 1 is 1.12 bits per heavy atom. The lowest BCUT2D eigenvalue weighted by Crippen LogP contribution is -2.56. The van der Waals surface area contributed by atoms with Crippen LogP contribution in [0.25, 0.3) is 11.1 Å². The first kappa shape index (κ1) is 18.1. The van der Waals surface area contributed by atoms with Crippen molar-refractivity contribution < 1.29 is 23.1 Å². The zero-order valence-corrected chi connectivity index (χ0v) is 14.0. The van der Waals surface area contributed by atoms with Crippen LogP contribution in [0, 0.1) is 0 Å². The highest BCUT2D eigenvalue weighted by Crippen LogP contribution is 2.41. The second kappa shape index (κ2) is 6.57. The Morgan fingerprint density at radius 2 is 1.69 bits per heavy atom. The van der Waals surface area contributed by atoms with E-state index in [-0.39, 0.29) is 22.7 Å². The summed E-state index contributed by atoms with van der Waals surface area (Å²) in [5.41, 5.74) is -1.42. The van der Waals surface area contributed by atoms with Crippen molar-refractivity contribution in [2.24, 2.45) is 5.10 Å². The molecule has 0 saturated heterocycles. The Hall–Kier alpha value is -2.67. The fraction of sp³-hybridized carbons (Fsp3) is 0.263. The zero-order chi connectivity index (χ0) is 18.9. The second-order valence-electron chi connectivity index (χ2n) is 6.07. The van der Waals surface area contributed by atoms with E-state index < -0.39 is 24.2 Å². The summed E-state index contributed by atoms with van der Waals surface area (Å²) in [6.07, 6.45) is -5.52. The molecule has 1 heterocycles. The van der Waals surface area contributed by atoms with Crippen molar-refractivity contribution in [2.75, 3.05) is 0 Å². The van der Waals surface area contributed by atoms with Crippen LogP contribution in [0.1, 0.15) is 30.1 Å². The number of halogens is 3. The average Bonchev–Trinajstić information content (AvgIpc) is 3.00. The van der Waals surface area contributed by atoms with Crippen LogP contribution in [0.3, 0.4) is 0 Å². The molecule has 0 aromatic heterocycles. The van der Waals surface area contributed by atoms with E-state index in [9.17, 15) is 23.1 Å². The third-order valence-corrected chi connectivity index (χ3v) is 4.34. The number of hydrazone groups is 1. The van der Waals surface area contributed by atoms with Gasteiger partial charge in [0.15, 0.2) is 0 Å². The van der Waals surface area contributed by atoms with Gasteiger partial charge in [0.1, 0.15) is 0 Å². The minimum Gasteiger partial charge on any atom is -0.362 e. The molecule has 2 aromatic carbocycles. The van der Waals surface area contributed by atoms with Crippen molar-refractivity contribution in [1.29, 1.82) is 0 Å². The number of hydrogen-bond donors (Lipinski definition) is 1. The maximum Gasteiger partial charge on any atom is 0.438 e. The number of aliphatic hydroxyl groups is 1. The minimum absolute atomic E-state index is 0.0217. The van der Waals surface area contributed by atoms with E-state index in [1.165, 1.54) is 12.1 Å². The SMILES string of the molecule is CCC1=NN(C(=O)c2ccc(-c3ccccc3)cc2)C(O)(C(F)(F)F)C1. The van der Waals surface area contributed by atoms with Gasteiger partial charge in [-0.15, -0.1) is 0 Å². The molecule has 1 amide bonds. The molecule has 0 bridgehead atoms. The van der Waals surface area contributed by atoms with Gasteiger partial charge in [-0.25, -0.2) is 0 Å². The Balaban J connectivity index is 1.91. The highest BCUT2D eigenvalue weighted by molar-refractivity contribution is 5.98. The molecule has 2 aromatic rings. The molecule has 1 aliphatic heterocycles. The summed E-state index contributed by atoms with van der Waals surface area (Å²) >= 11 is 0. The fourth-order valence-corrected chi connectivity index (χ4v) is 2.81. The molecule has 0 radical (unpaired) electrons. The Kier molecular flexibility index (Phi) is 4.58. The van der Waals surface area contributed by atoms with Crippen LogP contribution in [0.15, 0.2) is 59.7 Å². The van der Waals surface area contributed by atoms with Crippen LogP contribution >= 0.6 is 0 Å². The molecule has 1 unspecified atom stereocenters. The topological polar surface area (TPSA) is 52.9 Å². The van der Waals surface area contributed by atoms with E-state index >= 15 is 0 Å². The molecule has 0 spiro atoms. The third kappa shape index (κ3) is 3.10. The van der Waals surface area contributed by atoms with Crippen LogP contribution in [0.5, 0.6) is 0 Å². The van der Waals surface area contributed by atoms with Crippen LogP contribution in [-0.4, -0.2) is 33.6 Å². The predicted octanol–water partition coefficient (Wildman–Crippen LogP) is 4.22. The quantitative estimate of drug-likeness (QED) is 0.889. The summed E-state index contributed by atoms with van der Waals surface area (Å²) < 4.78 is 40.0. The second-order valence-corrected chi connectivity index (χ2v) is 6.07. The lowest BCUT2D eigenvalue weighted by atomic mass is 10.0. The normalized spacial score (nSPS) is 20.2. The maximum atomic E-state index is 13.3. The van der Waals surface area contributed by atoms with Crippen molar-refractivity contribution in [3.05, 3.63) is 60.2 Å². The van der Waals surface area contributed by atoms with E-state index in [0.29, 0.717) is 0 Å². The number of carbonyl (C=O) groups excluding carboxylic acids is 1. The Labute approximate surface area is 148 Å². The van der Waals surface area contributed by atoms with Gasteiger partial charge in [-0.1, -0.05) is 49.4 Å². The number of carbonyl (C=O) groups is 1. The summed E-state index contributed by atoms with van der Waals surface area (Å²) in [6.45, 7) is 1.62. The van der Waals surface area contributed by atoms with E-state index in [1.807, 2.05) is 30.3 Å². The first-order valence-corrected chi connectivity index (χ1v) is 8.12. The molecule has 7 heteroatoms. The van der Waals surface area contributed by atoms with Gasteiger partial charge < -0.3 is 5.11 Å². The largest absolute Gasteiger partial charge is 0.438 e. The predicted molar refractivity (Wildman–Crippen MR) is 91.4 cm³/mol. The summed E-state index contributed by atoms with van der Waals surface area (Å²) in [7, 11) is 0. The summed E-state index contributed by atoms with van der Waals surface area (Å²) in [4.78, 5) is 12.6. The van der Waals surface area contributed by atoms with E-state index in [4.69, 9.17) is 0 Å². The van der Waals surface area contributed by atoms with Crippen LogP contribution in [0.4, 0.5) is 13.2 Å². The lowest BCUT2D eigenvalue weighted by molar-refractivity contribution is -0.297. The summed E-state index contributed by atoms with van der Waals surface area (Å²) in [5.74, 6) is -0.993. The molecule has 136 valence electrons. The minimum atomic E-state index is -5.01.